The van der Waals surface area contributed by atoms with Crippen LogP contribution in [0.5, 0.6) is 0 Å². The Morgan fingerprint density at radius 2 is 1.05 bits per heavy atom. The van der Waals surface area contributed by atoms with Gasteiger partial charge in [0.15, 0.2) is 17.7 Å². The van der Waals surface area contributed by atoms with Crippen molar-refractivity contribution in [2.45, 2.75) is 178 Å². The standard InChI is InChI=1S/C58H82O5/c1-12-13-14-15-16-17-18-19-20-21-22-23-24-25-26-37-54(60)63-53-43-58(10,11)51(49(7)56(53)62)41-39-47(5)36-30-34-45(3)32-28-27-31-44(2)33-29-35-46(4)38-40-50-48(6)55(61)52(59)42-57(50,8)9/h16-17,19-20,27-36,38-41,52-53,59H,12-15,18,21-26,37,42-43H2,1-11H3/b17-16-,20-19-,28-27+,33-29+,34-30+,40-38+,41-39+,44-31+,45-32+,46-35+,47-36+. The lowest BCUT2D eigenvalue weighted by Crippen LogP contribution is -2.39. The summed E-state index contributed by atoms with van der Waals surface area (Å²) < 4.78 is 5.77. The Kier molecular flexibility index (Phi) is 25.1. The molecule has 2 aliphatic rings. The molecule has 0 saturated carbocycles. The zero-order valence-corrected chi connectivity index (χ0v) is 41.0. The molecule has 344 valence electrons. The van der Waals surface area contributed by atoms with Crippen molar-refractivity contribution < 1.29 is 24.2 Å². The molecule has 0 aromatic carbocycles. The number of ether oxygens (including phenoxy) is 1. The second kappa shape index (κ2) is 29.0. The molecule has 0 aromatic heterocycles. The van der Waals surface area contributed by atoms with Crippen molar-refractivity contribution in [3.63, 3.8) is 0 Å². The number of aliphatic hydroxyl groups is 1. The van der Waals surface area contributed by atoms with Crippen LogP contribution in [0.3, 0.4) is 0 Å². The summed E-state index contributed by atoms with van der Waals surface area (Å²) in [6.07, 6.45) is 49.8. The van der Waals surface area contributed by atoms with Crippen LogP contribution in [0.15, 0.2) is 154 Å². The second-order valence-electron chi connectivity index (χ2n) is 18.9. The number of unbranched alkanes of at least 4 members (excludes halogenated alkanes) is 8. The van der Waals surface area contributed by atoms with Crippen LogP contribution in [-0.2, 0) is 19.1 Å². The van der Waals surface area contributed by atoms with Crippen LogP contribution in [-0.4, -0.2) is 34.9 Å². The van der Waals surface area contributed by atoms with Gasteiger partial charge in [0.2, 0.25) is 0 Å². The van der Waals surface area contributed by atoms with E-state index >= 15 is 0 Å². The van der Waals surface area contributed by atoms with E-state index in [9.17, 15) is 19.5 Å². The van der Waals surface area contributed by atoms with Gasteiger partial charge in [-0.3, -0.25) is 14.4 Å². The summed E-state index contributed by atoms with van der Waals surface area (Å²) in [5, 5.41) is 10.1. The van der Waals surface area contributed by atoms with Gasteiger partial charge in [0.05, 0.1) is 0 Å². The molecule has 0 aromatic rings. The van der Waals surface area contributed by atoms with E-state index in [0.717, 1.165) is 72.0 Å². The van der Waals surface area contributed by atoms with Gasteiger partial charge in [-0.15, -0.1) is 0 Å². The van der Waals surface area contributed by atoms with Gasteiger partial charge in [-0.2, -0.15) is 0 Å². The van der Waals surface area contributed by atoms with E-state index in [0.29, 0.717) is 30.4 Å². The number of hydrogen-bond acceptors (Lipinski definition) is 5. The van der Waals surface area contributed by atoms with Crippen molar-refractivity contribution in [1.29, 1.82) is 0 Å². The number of carbonyl (C=O) groups is 3. The van der Waals surface area contributed by atoms with E-state index in [1.165, 1.54) is 32.1 Å². The molecule has 0 bridgehead atoms. The van der Waals surface area contributed by atoms with Gasteiger partial charge in [-0.05, 0) is 120 Å². The maximum atomic E-state index is 13.3. The average Bonchev–Trinajstić information content (AvgIpc) is 3.21. The summed E-state index contributed by atoms with van der Waals surface area (Å²) in [5.74, 6) is -0.541. The fourth-order valence-corrected chi connectivity index (χ4v) is 7.99. The van der Waals surface area contributed by atoms with Gasteiger partial charge in [0.1, 0.15) is 6.10 Å². The van der Waals surface area contributed by atoms with Gasteiger partial charge >= 0.3 is 5.97 Å². The van der Waals surface area contributed by atoms with Crippen LogP contribution in [0.4, 0.5) is 0 Å². The smallest absolute Gasteiger partial charge is 0.306 e. The molecule has 0 radical (unpaired) electrons. The Balaban J connectivity index is 1.81. The number of Topliss-reactive ketones (excluding diaryl/α,β-unsaturated/α-hetero) is 2. The molecule has 0 fully saturated rings. The highest BCUT2D eigenvalue weighted by atomic mass is 16.5. The summed E-state index contributed by atoms with van der Waals surface area (Å²) in [7, 11) is 0. The highest BCUT2D eigenvalue weighted by molar-refractivity contribution is 6.02. The first kappa shape index (κ1) is 54.5. The summed E-state index contributed by atoms with van der Waals surface area (Å²) in [6, 6.07) is 0. The van der Waals surface area contributed by atoms with Crippen LogP contribution in [0.25, 0.3) is 0 Å². The van der Waals surface area contributed by atoms with Crippen molar-refractivity contribution >= 4 is 17.5 Å². The Morgan fingerprint density at radius 3 is 1.59 bits per heavy atom. The molecule has 2 unspecified atom stereocenters. The average molecular weight is 859 g/mol. The summed E-state index contributed by atoms with van der Waals surface area (Å²) in [4.78, 5) is 38.4. The maximum Gasteiger partial charge on any atom is 0.306 e. The third-order valence-corrected chi connectivity index (χ3v) is 11.9. The molecule has 0 heterocycles. The lowest BCUT2D eigenvalue weighted by atomic mass is 9.71. The SMILES string of the molecule is CCCCC/C=C\C/C=C\CCCCCCCC(=O)OC1CC(C)(C)C(/C=C/C(C)=C/C=C/C(C)=C/C=C/C=C(C)/C=C/C=C(C)/C=C/C2=C(C)C(=O)C(O)CC2(C)C)=C(C)C1=O. The zero-order chi connectivity index (χ0) is 46.8. The van der Waals surface area contributed by atoms with E-state index in [2.05, 4.69) is 103 Å². The molecule has 0 spiro atoms. The highest BCUT2D eigenvalue weighted by Gasteiger charge is 2.40. The number of allylic oxidation sites excluding steroid dienone is 24. The quantitative estimate of drug-likeness (QED) is 0.0428. The van der Waals surface area contributed by atoms with Crippen molar-refractivity contribution in [3.05, 3.63) is 154 Å². The molecule has 0 aliphatic heterocycles. The largest absolute Gasteiger partial charge is 0.454 e. The number of rotatable bonds is 25. The summed E-state index contributed by atoms with van der Waals surface area (Å²) in [5.41, 5.74) is 7.08. The van der Waals surface area contributed by atoms with Crippen LogP contribution >= 0.6 is 0 Å². The van der Waals surface area contributed by atoms with Crippen LogP contribution in [0.1, 0.15) is 166 Å². The molecule has 0 amide bonds. The number of carbonyl (C=O) groups excluding carboxylic acids is 3. The Morgan fingerprint density at radius 1 is 0.603 bits per heavy atom. The van der Waals surface area contributed by atoms with E-state index in [-0.39, 0.29) is 28.4 Å². The van der Waals surface area contributed by atoms with Crippen LogP contribution < -0.4 is 0 Å². The predicted octanol–water partition coefficient (Wildman–Crippen LogP) is 15.3. The van der Waals surface area contributed by atoms with Crippen molar-refractivity contribution in [2.75, 3.05) is 0 Å². The van der Waals surface area contributed by atoms with E-state index in [1.54, 1.807) is 6.92 Å². The number of esters is 1. The predicted molar refractivity (Wildman–Crippen MR) is 268 cm³/mol. The van der Waals surface area contributed by atoms with Crippen molar-refractivity contribution in [3.8, 4) is 0 Å². The molecule has 2 atom stereocenters. The number of ketones is 2. The lowest BCUT2D eigenvalue weighted by Gasteiger charge is -2.36. The van der Waals surface area contributed by atoms with Gasteiger partial charge in [-0.25, -0.2) is 0 Å². The molecule has 5 nitrogen and oxygen atoms in total. The summed E-state index contributed by atoms with van der Waals surface area (Å²) >= 11 is 0. The van der Waals surface area contributed by atoms with Crippen LogP contribution in [0.2, 0.25) is 0 Å². The molecule has 0 saturated heterocycles. The number of aliphatic hydroxyl groups excluding tert-OH is 1. The zero-order valence-electron chi connectivity index (χ0n) is 41.0. The Bertz CT molecular complexity index is 1930. The Labute approximate surface area is 383 Å². The fourth-order valence-electron chi connectivity index (χ4n) is 7.99. The first-order valence-corrected chi connectivity index (χ1v) is 23.7. The van der Waals surface area contributed by atoms with Gasteiger partial charge < -0.3 is 9.84 Å². The third-order valence-electron chi connectivity index (χ3n) is 11.9. The van der Waals surface area contributed by atoms with Gasteiger partial charge in [-0.1, -0.05) is 198 Å². The molecular formula is C58H82O5. The second-order valence-corrected chi connectivity index (χ2v) is 18.9. The molecule has 2 aliphatic carbocycles. The van der Waals surface area contributed by atoms with Gasteiger partial charge in [0.25, 0.3) is 0 Å². The first-order chi connectivity index (χ1) is 29.9. The normalized spacial score (nSPS) is 20.9. The fraction of sp³-hybridized carbons (Fsp3) is 0.500. The topological polar surface area (TPSA) is 80.7 Å². The summed E-state index contributed by atoms with van der Waals surface area (Å²) in [6.45, 7) is 22.5. The van der Waals surface area contributed by atoms with E-state index in [1.807, 2.05) is 75.5 Å². The van der Waals surface area contributed by atoms with Crippen molar-refractivity contribution in [1.82, 2.24) is 0 Å². The minimum absolute atomic E-state index is 0.0930. The van der Waals surface area contributed by atoms with Crippen LogP contribution in [0, 0.1) is 10.8 Å². The minimum atomic E-state index is -0.914. The van der Waals surface area contributed by atoms with E-state index < -0.39 is 12.2 Å². The molecule has 1 N–H and O–H groups in total. The third kappa shape index (κ3) is 21.1. The minimum Gasteiger partial charge on any atom is -0.454 e. The highest BCUT2D eigenvalue weighted by Crippen LogP contribution is 2.41. The van der Waals surface area contributed by atoms with Crippen molar-refractivity contribution in [2.24, 2.45) is 10.8 Å². The van der Waals surface area contributed by atoms with E-state index in [4.69, 9.17) is 4.74 Å². The molecule has 2 rings (SSSR count). The Hall–Kier alpha value is -4.61. The first-order valence-electron chi connectivity index (χ1n) is 23.7. The molecule has 63 heavy (non-hydrogen) atoms. The lowest BCUT2D eigenvalue weighted by molar-refractivity contribution is -0.156. The van der Waals surface area contributed by atoms with Gasteiger partial charge in [0, 0.05) is 12.8 Å². The monoisotopic (exact) mass is 859 g/mol. The maximum absolute atomic E-state index is 13.3. The molecule has 5 heteroatoms. The molecular weight excluding hydrogens is 777 g/mol. The number of hydrogen-bond donors (Lipinski definition) is 1.